The van der Waals surface area contributed by atoms with Crippen LogP contribution in [0.15, 0.2) is 18.2 Å². The average molecular weight is 264 g/mol. The van der Waals surface area contributed by atoms with Crippen LogP contribution in [0.4, 0.5) is 0 Å². The lowest BCUT2D eigenvalue weighted by molar-refractivity contribution is -0.143. The van der Waals surface area contributed by atoms with Gasteiger partial charge in [-0.05, 0) is 30.0 Å². The lowest BCUT2D eigenvalue weighted by Crippen LogP contribution is -2.22. The fraction of sp³-hybridized carbons (Fsp3) is 0.533. The fourth-order valence-electron chi connectivity index (χ4n) is 2.20. The minimum absolute atomic E-state index is 0.105. The van der Waals surface area contributed by atoms with E-state index in [0.717, 1.165) is 23.5 Å². The molecule has 0 radical (unpaired) electrons. The number of carboxylic acid groups (broad SMARTS) is 1. The molecule has 4 nitrogen and oxygen atoms in total. The van der Waals surface area contributed by atoms with Gasteiger partial charge in [-0.2, -0.15) is 0 Å². The number of fused-ring (bicyclic) bond motifs is 1. The third kappa shape index (κ3) is 3.40. The van der Waals surface area contributed by atoms with E-state index < -0.39 is 5.97 Å². The number of aliphatic carboxylic acids is 1. The van der Waals surface area contributed by atoms with Crippen molar-refractivity contribution in [1.82, 2.24) is 0 Å². The van der Waals surface area contributed by atoms with Crippen LogP contribution in [0.1, 0.15) is 25.8 Å². The van der Waals surface area contributed by atoms with Crippen LogP contribution in [0.25, 0.3) is 0 Å². The zero-order chi connectivity index (χ0) is 13.8. The van der Waals surface area contributed by atoms with Crippen molar-refractivity contribution in [3.05, 3.63) is 23.8 Å². The molecule has 1 aliphatic heterocycles. The molecule has 104 valence electrons. The Kier molecular flexibility index (Phi) is 4.30. The molecule has 0 aromatic heterocycles. The van der Waals surface area contributed by atoms with Crippen LogP contribution in [0, 0.1) is 11.8 Å². The summed E-state index contributed by atoms with van der Waals surface area (Å²) in [5.41, 5.74) is 0.977. The van der Waals surface area contributed by atoms with Crippen molar-refractivity contribution in [2.75, 3.05) is 13.2 Å². The van der Waals surface area contributed by atoms with Gasteiger partial charge in [-0.1, -0.05) is 19.9 Å². The Labute approximate surface area is 113 Å². The number of ether oxygens (including phenoxy) is 2. The zero-order valence-corrected chi connectivity index (χ0v) is 11.4. The Morgan fingerprint density at radius 3 is 2.58 bits per heavy atom. The largest absolute Gasteiger partial charge is 0.490 e. The van der Waals surface area contributed by atoms with E-state index in [1.54, 1.807) is 0 Å². The van der Waals surface area contributed by atoms with E-state index in [4.69, 9.17) is 9.47 Å². The Bertz CT molecular complexity index is 453. The topological polar surface area (TPSA) is 55.8 Å². The van der Waals surface area contributed by atoms with E-state index >= 15 is 0 Å². The van der Waals surface area contributed by atoms with Crippen LogP contribution < -0.4 is 9.47 Å². The maximum atomic E-state index is 11.2. The van der Waals surface area contributed by atoms with Gasteiger partial charge >= 0.3 is 5.97 Å². The van der Waals surface area contributed by atoms with Crippen molar-refractivity contribution in [3.8, 4) is 11.5 Å². The molecule has 1 aliphatic rings. The van der Waals surface area contributed by atoms with Gasteiger partial charge in [-0.15, -0.1) is 0 Å². The molecule has 1 aromatic rings. The first kappa shape index (κ1) is 13.7. The minimum Gasteiger partial charge on any atom is -0.490 e. The first-order valence-electron chi connectivity index (χ1n) is 6.69. The summed E-state index contributed by atoms with van der Waals surface area (Å²) in [6.07, 6.45) is 1.39. The predicted octanol–water partition coefficient (Wildman–Crippen LogP) is 2.75. The quantitative estimate of drug-likeness (QED) is 0.908. The van der Waals surface area contributed by atoms with Crippen molar-refractivity contribution in [3.63, 3.8) is 0 Å². The number of carbonyl (C=O) groups is 1. The summed E-state index contributed by atoms with van der Waals surface area (Å²) in [4.78, 5) is 11.2. The highest BCUT2D eigenvalue weighted by Gasteiger charge is 2.22. The maximum absolute atomic E-state index is 11.2. The molecule has 0 saturated carbocycles. The molecule has 2 rings (SSSR count). The molecule has 0 fully saturated rings. The van der Waals surface area contributed by atoms with Crippen molar-refractivity contribution < 1.29 is 19.4 Å². The molecular formula is C15H20O4. The standard InChI is InChI=1S/C15H20O4/c1-10(2)12(15(16)17)8-11-4-5-13-14(9-11)19-7-3-6-18-13/h4-5,9-10,12H,3,6-8H2,1-2H3,(H,16,17). The molecule has 1 heterocycles. The summed E-state index contributed by atoms with van der Waals surface area (Å²) in [6, 6.07) is 5.69. The first-order chi connectivity index (χ1) is 9.08. The highest BCUT2D eigenvalue weighted by Crippen LogP contribution is 2.31. The maximum Gasteiger partial charge on any atom is 0.307 e. The highest BCUT2D eigenvalue weighted by atomic mass is 16.5. The normalized spacial score (nSPS) is 15.9. The van der Waals surface area contributed by atoms with Gasteiger partial charge in [-0.3, -0.25) is 4.79 Å². The SMILES string of the molecule is CC(C)C(Cc1ccc2c(c1)OCCCO2)C(=O)O. The summed E-state index contributed by atoms with van der Waals surface area (Å²) < 4.78 is 11.2. The summed E-state index contributed by atoms with van der Waals surface area (Å²) in [7, 11) is 0. The van der Waals surface area contributed by atoms with Crippen LogP contribution in [-0.4, -0.2) is 24.3 Å². The monoisotopic (exact) mass is 264 g/mol. The number of hydrogen-bond donors (Lipinski definition) is 1. The summed E-state index contributed by atoms with van der Waals surface area (Å²) >= 11 is 0. The van der Waals surface area contributed by atoms with Crippen LogP contribution >= 0.6 is 0 Å². The highest BCUT2D eigenvalue weighted by molar-refractivity contribution is 5.70. The Morgan fingerprint density at radius 1 is 1.26 bits per heavy atom. The van der Waals surface area contributed by atoms with Crippen molar-refractivity contribution >= 4 is 5.97 Å². The van der Waals surface area contributed by atoms with E-state index in [0.29, 0.717) is 19.6 Å². The fourth-order valence-corrected chi connectivity index (χ4v) is 2.20. The molecule has 1 aromatic carbocycles. The average Bonchev–Trinajstić information content (AvgIpc) is 2.59. The van der Waals surface area contributed by atoms with Crippen molar-refractivity contribution in [1.29, 1.82) is 0 Å². The van der Waals surface area contributed by atoms with E-state index in [-0.39, 0.29) is 11.8 Å². The number of carboxylic acids is 1. The molecule has 0 spiro atoms. The molecule has 0 bridgehead atoms. The van der Waals surface area contributed by atoms with E-state index in [1.165, 1.54) is 0 Å². The van der Waals surface area contributed by atoms with Gasteiger partial charge in [0.1, 0.15) is 0 Å². The smallest absolute Gasteiger partial charge is 0.307 e. The number of rotatable bonds is 4. The summed E-state index contributed by atoms with van der Waals surface area (Å²) in [5, 5.41) is 9.23. The third-order valence-corrected chi connectivity index (χ3v) is 3.39. The van der Waals surface area contributed by atoms with E-state index in [2.05, 4.69) is 0 Å². The van der Waals surface area contributed by atoms with Crippen LogP contribution in [0.3, 0.4) is 0 Å². The van der Waals surface area contributed by atoms with E-state index in [9.17, 15) is 9.90 Å². The minimum atomic E-state index is -0.748. The van der Waals surface area contributed by atoms with Crippen molar-refractivity contribution in [2.24, 2.45) is 11.8 Å². The van der Waals surface area contributed by atoms with Gasteiger partial charge in [0, 0.05) is 6.42 Å². The number of hydrogen-bond acceptors (Lipinski definition) is 3. The van der Waals surface area contributed by atoms with Crippen LogP contribution in [-0.2, 0) is 11.2 Å². The molecule has 1 N–H and O–H groups in total. The number of benzene rings is 1. The molecule has 0 amide bonds. The molecule has 4 heteroatoms. The first-order valence-corrected chi connectivity index (χ1v) is 6.69. The van der Waals surface area contributed by atoms with Gasteiger partial charge < -0.3 is 14.6 Å². The van der Waals surface area contributed by atoms with Gasteiger partial charge in [-0.25, -0.2) is 0 Å². The molecular weight excluding hydrogens is 244 g/mol. The van der Waals surface area contributed by atoms with Crippen LogP contribution in [0.5, 0.6) is 11.5 Å². The summed E-state index contributed by atoms with van der Waals surface area (Å²) in [5.74, 6) is 0.459. The lowest BCUT2D eigenvalue weighted by atomic mass is 9.89. The summed E-state index contributed by atoms with van der Waals surface area (Å²) in [6.45, 7) is 5.17. The van der Waals surface area contributed by atoms with Gasteiger partial charge in [0.2, 0.25) is 0 Å². The Hall–Kier alpha value is -1.71. The Morgan fingerprint density at radius 2 is 1.95 bits per heavy atom. The van der Waals surface area contributed by atoms with Crippen molar-refractivity contribution in [2.45, 2.75) is 26.7 Å². The van der Waals surface area contributed by atoms with Gasteiger partial charge in [0.25, 0.3) is 0 Å². The Balaban J connectivity index is 2.17. The predicted molar refractivity (Wildman–Crippen MR) is 71.7 cm³/mol. The second kappa shape index (κ2) is 5.95. The van der Waals surface area contributed by atoms with E-state index in [1.807, 2.05) is 32.0 Å². The third-order valence-electron chi connectivity index (χ3n) is 3.39. The molecule has 0 aliphatic carbocycles. The molecule has 0 saturated heterocycles. The molecule has 19 heavy (non-hydrogen) atoms. The lowest BCUT2D eigenvalue weighted by Gasteiger charge is -2.17. The molecule has 1 atom stereocenters. The van der Waals surface area contributed by atoms with Crippen LogP contribution in [0.2, 0.25) is 0 Å². The van der Waals surface area contributed by atoms with Gasteiger partial charge in [0.05, 0.1) is 19.1 Å². The second-order valence-corrected chi connectivity index (χ2v) is 5.22. The molecule has 1 unspecified atom stereocenters. The second-order valence-electron chi connectivity index (χ2n) is 5.22. The zero-order valence-electron chi connectivity index (χ0n) is 11.4. The van der Waals surface area contributed by atoms with Gasteiger partial charge in [0.15, 0.2) is 11.5 Å².